The van der Waals surface area contributed by atoms with Crippen molar-refractivity contribution in [1.82, 2.24) is 0 Å². The molecule has 0 saturated heterocycles. The van der Waals surface area contributed by atoms with Crippen molar-refractivity contribution in [2.24, 2.45) is 0 Å². The van der Waals surface area contributed by atoms with E-state index in [0.29, 0.717) is 10.0 Å². The zero-order chi connectivity index (χ0) is 16.9. The molecule has 0 amide bonds. The second-order valence-electron chi connectivity index (χ2n) is 4.70. The summed E-state index contributed by atoms with van der Waals surface area (Å²) in [6.07, 6.45) is 1.48. The van der Waals surface area contributed by atoms with Crippen molar-refractivity contribution < 1.29 is 17.9 Å². The predicted octanol–water partition coefficient (Wildman–Crippen LogP) is 3.98. The van der Waals surface area contributed by atoms with Gasteiger partial charge in [0.25, 0.3) is 0 Å². The van der Waals surface area contributed by atoms with Crippen molar-refractivity contribution in [2.75, 3.05) is 5.75 Å². The Morgan fingerprint density at radius 3 is 2.30 bits per heavy atom. The number of carbonyl (C=O) groups excluding carboxylic acids is 1. The Morgan fingerprint density at radius 2 is 1.70 bits per heavy atom. The van der Waals surface area contributed by atoms with Gasteiger partial charge in [-0.25, -0.2) is 13.2 Å². The lowest BCUT2D eigenvalue weighted by Crippen LogP contribution is -2.14. The maximum absolute atomic E-state index is 12.5. The number of rotatable bonds is 5. The van der Waals surface area contributed by atoms with Gasteiger partial charge in [-0.05, 0) is 53.2 Å². The molecule has 0 fully saturated rings. The fraction of sp³-hybridized carbons (Fsp3) is 0.118. The van der Waals surface area contributed by atoms with Gasteiger partial charge in [-0.2, -0.15) is 0 Å². The number of sulfone groups is 1. The topological polar surface area (TPSA) is 60.4 Å². The van der Waals surface area contributed by atoms with Gasteiger partial charge in [-0.15, -0.1) is 0 Å². The van der Waals surface area contributed by atoms with Crippen LogP contribution in [-0.4, -0.2) is 20.1 Å². The predicted molar refractivity (Wildman–Crippen MR) is 91.8 cm³/mol. The monoisotopic (exact) mass is 394 g/mol. The SMILES string of the molecule is CC=C(CS(=O)(=O)c1ccccc1Br)OC(=O)c1ccccc1. The van der Waals surface area contributed by atoms with Crippen LogP contribution in [0.15, 0.2) is 75.8 Å². The molecule has 2 aromatic carbocycles. The van der Waals surface area contributed by atoms with Gasteiger partial charge >= 0.3 is 5.97 Å². The maximum Gasteiger partial charge on any atom is 0.343 e. The number of allylic oxidation sites excluding steroid dienone is 1. The Hall–Kier alpha value is -1.92. The van der Waals surface area contributed by atoms with E-state index < -0.39 is 15.8 Å². The molecule has 23 heavy (non-hydrogen) atoms. The second-order valence-corrected chi connectivity index (χ2v) is 7.51. The molecule has 2 rings (SSSR count). The number of esters is 1. The molecule has 0 spiro atoms. The number of benzene rings is 2. The lowest BCUT2D eigenvalue weighted by Gasteiger charge is -2.10. The van der Waals surface area contributed by atoms with Gasteiger partial charge in [0.1, 0.15) is 11.5 Å². The average molecular weight is 395 g/mol. The number of ether oxygens (including phenoxy) is 1. The third-order valence-electron chi connectivity index (χ3n) is 3.06. The minimum atomic E-state index is -3.62. The van der Waals surface area contributed by atoms with Gasteiger partial charge in [0.15, 0.2) is 9.84 Å². The summed E-state index contributed by atoms with van der Waals surface area (Å²) in [4.78, 5) is 12.2. The Kier molecular flexibility index (Phi) is 5.74. The fourth-order valence-electron chi connectivity index (χ4n) is 1.89. The second kappa shape index (κ2) is 7.57. The van der Waals surface area contributed by atoms with Crippen molar-refractivity contribution in [3.8, 4) is 0 Å². The van der Waals surface area contributed by atoms with Gasteiger partial charge in [-0.1, -0.05) is 30.3 Å². The molecular weight excluding hydrogens is 380 g/mol. The smallest absolute Gasteiger partial charge is 0.343 e. The first-order valence-corrected chi connectivity index (χ1v) is 9.28. The minimum Gasteiger partial charge on any atom is -0.427 e. The molecule has 0 saturated carbocycles. The molecule has 0 aliphatic rings. The molecule has 0 aromatic heterocycles. The van der Waals surface area contributed by atoms with Crippen LogP contribution in [-0.2, 0) is 14.6 Å². The van der Waals surface area contributed by atoms with Crippen LogP contribution in [0.5, 0.6) is 0 Å². The third-order valence-corrected chi connectivity index (χ3v) is 5.70. The molecule has 0 bridgehead atoms. The van der Waals surface area contributed by atoms with Gasteiger partial charge in [0, 0.05) is 4.47 Å². The Morgan fingerprint density at radius 1 is 1.09 bits per heavy atom. The third kappa shape index (κ3) is 4.53. The fourth-order valence-corrected chi connectivity index (χ4v) is 4.32. The van der Waals surface area contributed by atoms with E-state index in [1.807, 2.05) is 0 Å². The van der Waals surface area contributed by atoms with E-state index in [0.717, 1.165) is 0 Å². The first kappa shape index (κ1) is 17.4. The normalized spacial score (nSPS) is 12.0. The Bertz CT molecular complexity index is 827. The molecular formula is C17H15BrO4S. The van der Waals surface area contributed by atoms with Crippen LogP contribution in [0.3, 0.4) is 0 Å². The van der Waals surface area contributed by atoms with E-state index in [1.54, 1.807) is 55.5 Å². The van der Waals surface area contributed by atoms with Crippen molar-refractivity contribution in [3.63, 3.8) is 0 Å². The van der Waals surface area contributed by atoms with Crippen LogP contribution in [0, 0.1) is 0 Å². The molecule has 120 valence electrons. The Labute approximate surface area is 143 Å². The van der Waals surface area contributed by atoms with Crippen molar-refractivity contribution >= 4 is 31.7 Å². The summed E-state index contributed by atoms with van der Waals surface area (Å²) in [5.74, 6) is -0.874. The molecule has 0 aliphatic heterocycles. The number of halogens is 1. The molecule has 0 atom stereocenters. The van der Waals surface area contributed by atoms with Crippen molar-refractivity contribution in [3.05, 3.63) is 76.5 Å². The first-order chi connectivity index (χ1) is 10.9. The van der Waals surface area contributed by atoms with E-state index in [2.05, 4.69) is 15.9 Å². The maximum atomic E-state index is 12.5. The van der Waals surface area contributed by atoms with E-state index in [-0.39, 0.29) is 16.4 Å². The average Bonchev–Trinajstić information content (AvgIpc) is 2.55. The first-order valence-electron chi connectivity index (χ1n) is 6.84. The highest BCUT2D eigenvalue weighted by Gasteiger charge is 2.21. The van der Waals surface area contributed by atoms with E-state index >= 15 is 0 Å². The zero-order valence-electron chi connectivity index (χ0n) is 12.4. The van der Waals surface area contributed by atoms with Crippen LogP contribution >= 0.6 is 15.9 Å². The van der Waals surface area contributed by atoms with Crippen molar-refractivity contribution in [2.45, 2.75) is 11.8 Å². The Balaban J connectivity index is 2.17. The summed E-state index contributed by atoms with van der Waals surface area (Å²) in [7, 11) is -3.62. The van der Waals surface area contributed by atoms with Crippen LogP contribution in [0.4, 0.5) is 0 Å². The van der Waals surface area contributed by atoms with Crippen LogP contribution in [0.1, 0.15) is 17.3 Å². The minimum absolute atomic E-state index is 0.0922. The van der Waals surface area contributed by atoms with Gasteiger partial charge in [0.2, 0.25) is 0 Å². The quantitative estimate of drug-likeness (QED) is 0.568. The summed E-state index contributed by atoms with van der Waals surface area (Å²) in [6.45, 7) is 1.63. The number of hydrogen-bond donors (Lipinski definition) is 0. The van der Waals surface area contributed by atoms with Crippen LogP contribution in [0.25, 0.3) is 0 Å². The molecule has 0 heterocycles. The standard InChI is InChI=1S/C17H15BrO4S/c1-2-14(22-17(19)13-8-4-3-5-9-13)12-23(20,21)16-11-7-6-10-15(16)18/h2-11H,12H2,1H3. The van der Waals surface area contributed by atoms with Gasteiger partial charge in [0.05, 0.1) is 10.5 Å². The van der Waals surface area contributed by atoms with Crippen LogP contribution < -0.4 is 0 Å². The molecule has 0 aliphatic carbocycles. The van der Waals surface area contributed by atoms with E-state index in [9.17, 15) is 13.2 Å². The molecule has 2 aromatic rings. The van der Waals surface area contributed by atoms with E-state index in [4.69, 9.17) is 4.74 Å². The molecule has 0 N–H and O–H groups in total. The van der Waals surface area contributed by atoms with E-state index in [1.165, 1.54) is 12.1 Å². The van der Waals surface area contributed by atoms with Crippen molar-refractivity contribution in [1.29, 1.82) is 0 Å². The summed E-state index contributed by atoms with van der Waals surface area (Å²) >= 11 is 3.23. The highest BCUT2D eigenvalue weighted by atomic mass is 79.9. The highest BCUT2D eigenvalue weighted by molar-refractivity contribution is 9.10. The van der Waals surface area contributed by atoms with Crippen LogP contribution in [0.2, 0.25) is 0 Å². The summed E-state index contributed by atoms with van der Waals surface area (Å²) in [5.41, 5.74) is 0.366. The molecule has 0 unspecified atom stereocenters. The highest BCUT2D eigenvalue weighted by Crippen LogP contribution is 2.24. The summed E-state index contributed by atoms with van der Waals surface area (Å²) in [5, 5.41) is 0. The molecule has 0 radical (unpaired) electrons. The largest absolute Gasteiger partial charge is 0.427 e. The lowest BCUT2D eigenvalue weighted by atomic mass is 10.2. The summed E-state index contributed by atoms with van der Waals surface area (Å²) in [6, 6.07) is 15.0. The number of hydrogen-bond acceptors (Lipinski definition) is 4. The number of carbonyl (C=O) groups is 1. The lowest BCUT2D eigenvalue weighted by molar-refractivity contribution is 0.0627. The molecule has 6 heteroatoms. The molecule has 4 nitrogen and oxygen atoms in total. The van der Waals surface area contributed by atoms with Gasteiger partial charge < -0.3 is 4.74 Å². The summed E-state index contributed by atoms with van der Waals surface area (Å²) < 4.78 is 30.6. The zero-order valence-corrected chi connectivity index (χ0v) is 14.8. The van der Waals surface area contributed by atoms with Gasteiger partial charge in [-0.3, -0.25) is 0 Å².